The fourth-order valence-electron chi connectivity index (χ4n) is 2.02. The molecule has 1 aliphatic carbocycles. The summed E-state index contributed by atoms with van der Waals surface area (Å²) in [6.45, 7) is 4.11. The molecule has 0 saturated heterocycles. The Morgan fingerprint density at radius 1 is 1.56 bits per heavy atom. The summed E-state index contributed by atoms with van der Waals surface area (Å²) in [5.41, 5.74) is 0.423. The van der Waals surface area contributed by atoms with Gasteiger partial charge in [0.15, 0.2) is 0 Å². The van der Waals surface area contributed by atoms with Crippen molar-refractivity contribution in [1.82, 2.24) is 0 Å². The van der Waals surface area contributed by atoms with Crippen LogP contribution < -0.4 is 0 Å². The number of Topliss-reactive ketones (excluding diaryl/α,β-unsaturated/α-hetero) is 1. The van der Waals surface area contributed by atoms with Crippen molar-refractivity contribution in [2.45, 2.75) is 26.7 Å². The molecule has 1 saturated carbocycles. The van der Waals surface area contributed by atoms with Crippen molar-refractivity contribution in [2.75, 3.05) is 0 Å². The van der Waals surface area contributed by atoms with Crippen LogP contribution in [0.3, 0.4) is 0 Å². The van der Waals surface area contributed by atoms with Gasteiger partial charge in [-0.1, -0.05) is 31.5 Å². The van der Waals surface area contributed by atoms with Gasteiger partial charge in [-0.15, -0.1) is 0 Å². The highest BCUT2D eigenvalue weighted by Gasteiger charge is 2.49. The standard InChI is InChI=1S/C13H14ClFO/c1-13(2)7-9(13)12(16)6-8-10(14)4-3-5-11(8)15/h3-5,9H,6-7H2,1-2H3. The summed E-state index contributed by atoms with van der Waals surface area (Å²) in [5, 5.41) is 0.340. The van der Waals surface area contributed by atoms with E-state index in [1.807, 2.05) is 0 Å². The molecule has 0 heterocycles. The molecule has 1 atom stereocenters. The van der Waals surface area contributed by atoms with E-state index >= 15 is 0 Å². The first-order valence-corrected chi connectivity index (χ1v) is 5.75. The lowest BCUT2D eigenvalue weighted by Gasteiger charge is -2.06. The molecule has 1 aromatic carbocycles. The third-order valence-electron chi connectivity index (χ3n) is 3.31. The van der Waals surface area contributed by atoms with Crippen LogP contribution in [0.2, 0.25) is 5.02 Å². The lowest BCUT2D eigenvalue weighted by atomic mass is 10.0. The molecule has 16 heavy (non-hydrogen) atoms. The Morgan fingerprint density at radius 2 is 2.19 bits per heavy atom. The van der Waals surface area contributed by atoms with Crippen molar-refractivity contribution in [3.05, 3.63) is 34.6 Å². The quantitative estimate of drug-likeness (QED) is 0.789. The average Bonchev–Trinajstić information content (AvgIpc) is 2.82. The van der Waals surface area contributed by atoms with E-state index in [-0.39, 0.29) is 29.4 Å². The summed E-state index contributed by atoms with van der Waals surface area (Å²) in [7, 11) is 0. The second-order valence-electron chi connectivity index (χ2n) is 5.09. The van der Waals surface area contributed by atoms with E-state index in [2.05, 4.69) is 13.8 Å². The lowest BCUT2D eigenvalue weighted by Crippen LogP contribution is -2.10. The minimum absolute atomic E-state index is 0.0724. The molecule has 0 aromatic heterocycles. The highest BCUT2D eigenvalue weighted by molar-refractivity contribution is 6.31. The van der Waals surface area contributed by atoms with Crippen molar-refractivity contribution in [3.8, 4) is 0 Å². The Balaban J connectivity index is 2.13. The van der Waals surface area contributed by atoms with E-state index in [4.69, 9.17) is 11.6 Å². The first-order chi connectivity index (χ1) is 7.42. The molecule has 3 heteroatoms. The first kappa shape index (κ1) is 11.6. The van der Waals surface area contributed by atoms with Gasteiger partial charge in [0.1, 0.15) is 11.6 Å². The average molecular weight is 241 g/mol. The predicted octanol–water partition coefficient (Wildman–Crippen LogP) is 3.64. The number of hydrogen-bond acceptors (Lipinski definition) is 1. The monoisotopic (exact) mass is 240 g/mol. The van der Waals surface area contributed by atoms with E-state index < -0.39 is 0 Å². The molecule has 1 nitrogen and oxygen atoms in total. The van der Waals surface area contributed by atoms with Gasteiger partial charge in [-0.2, -0.15) is 0 Å². The van der Waals surface area contributed by atoms with Gasteiger partial charge in [-0.25, -0.2) is 4.39 Å². The molecule has 1 unspecified atom stereocenters. The second kappa shape index (κ2) is 3.85. The van der Waals surface area contributed by atoms with E-state index in [0.717, 1.165) is 6.42 Å². The van der Waals surface area contributed by atoms with E-state index in [0.29, 0.717) is 10.6 Å². The van der Waals surface area contributed by atoms with Gasteiger partial charge in [0.2, 0.25) is 0 Å². The smallest absolute Gasteiger partial charge is 0.141 e. The van der Waals surface area contributed by atoms with Gasteiger partial charge in [-0.3, -0.25) is 4.79 Å². The summed E-state index contributed by atoms with van der Waals surface area (Å²) in [4.78, 5) is 11.9. The third-order valence-corrected chi connectivity index (χ3v) is 3.67. The highest BCUT2D eigenvalue weighted by Crippen LogP contribution is 2.52. The number of halogens is 2. The van der Waals surface area contributed by atoms with E-state index in [9.17, 15) is 9.18 Å². The van der Waals surface area contributed by atoms with Crippen LogP contribution in [-0.4, -0.2) is 5.78 Å². The third kappa shape index (κ3) is 2.12. The number of rotatable bonds is 3. The summed E-state index contributed by atoms with van der Waals surface area (Å²) in [6, 6.07) is 4.50. The zero-order chi connectivity index (χ0) is 11.9. The second-order valence-corrected chi connectivity index (χ2v) is 5.50. The van der Waals surface area contributed by atoms with Crippen molar-refractivity contribution < 1.29 is 9.18 Å². The van der Waals surface area contributed by atoms with Crippen LogP contribution >= 0.6 is 11.6 Å². The Kier molecular flexibility index (Phi) is 2.79. The van der Waals surface area contributed by atoms with Gasteiger partial charge in [0.25, 0.3) is 0 Å². The summed E-state index contributed by atoms with van der Waals surface area (Å²) < 4.78 is 13.5. The van der Waals surface area contributed by atoms with Crippen LogP contribution in [0, 0.1) is 17.2 Å². The molecular weight excluding hydrogens is 227 g/mol. The Bertz CT molecular complexity index is 419. The fourth-order valence-corrected chi connectivity index (χ4v) is 2.25. The minimum Gasteiger partial charge on any atom is -0.299 e. The van der Waals surface area contributed by atoms with Gasteiger partial charge >= 0.3 is 0 Å². The van der Waals surface area contributed by atoms with Gasteiger partial charge in [0, 0.05) is 22.9 Å². The molecule has 86 valence electrons. The molecule has 1 aliphatic rings. The van der Waals surface area contributed by atoms with Crippen molar-refractivity contribution in [3.63, 3.8) is 0 Å². The summed E-state index contributed by atoms with van der Waals surface area (Å²) in [5.74, 6) is -0.223. The Morgan fingerprint density at radius 3 is 2.69 bits per heavy atom. The molecule has 0 radical (unpaired) electrons. The maximum atomic E-state index is 13.5. The molecule has 1 fully saturated rings. The largest absolute Gasteiger partial charge is 0.299 e. The van der Waals surface area contributed by atoms with Crippen molar-refractivity contribution >= 4 is 17.4 Å². The predicted molar refractivity (Wildman–Crippen MR) is 62.0 cm³/mol. The number of hydrogen-bond donors (Lipinski definition) is 0. The normalized spacial score (nSPS) is 21.9. The highest BCUT2D eigenvalue weighted by atomic mass is 35.5. The van der Waals surface area contributed by atoms with Gasteiger partial charge in [-0.05, 0) is 24.0 Å². The van der Waals surface area contributed by atoms with Crippen LogP contribution in [0.1, 0.15) is 25.8 Å². The summed E-state index contributed by atoms with van der Waals surface area (Å²) in [6.07, 6.45) is 1.01. The molecular formula is C13H14ClFO. The molecule has 0 N–H and O–H groups in total. The van der Waals surface area contributed by atoms with Crippen molar-refractivity contribution in [1.29, 1.82) is 0 Å². The van der Waals surface area contributed by atoms with E-state index in [1.165, 1.54) is 6.07 Å². The van der Waals surface area contributed by atoms with Crippen LogP contribution in [0.4, 0.5) is 4.39 Å². The molecule has 0 aliphatic heterocycles. The maximum Gasteiger partial charge on any atom is 0.141 e. The van der Waals surface area contributed by atoms with Crippen LogP contribution in [0.5, 0.6) is 0 Å². The van der Waals surface area contributed by atoms with Gasteiger partial charge < -0.3 is 0 Å². The molecule has 2 rings (SSSR count). The number of ketones is 1. The number of carbonyl (C=O) groups is 1. The van der Waals surface area contributed by atoms with Gasteiger partial charge in [0.05, 0.1) is 0 Å². The molecule has 1 aromatic rings. The first-order valence-electron chi connectivity index (χ1n) is 5.37. The Labute approximate surface area is 99.6 Å². The SMILES string of the molecule is CC1(C)CC1C(=O)Cc1c(F)cccc1Cl. The molecule has 0 amide bonds. The maximum absolute atomic E-state index is 13.5. The lowest BCUT2D eigenvalue weighted by molar-refractivity contribution is -0.120. The minimum atomic E-state index is -0.390. The summed E-state index contributed by atoms with van der Waals surface area (Å²) >= 11 is 5.88. The topological polar surface area (TPSA) is 17.1 Å². The van der Waals surface area contributed by atoms with Crippen LogP contribution in [0.15, 0.2) is 18.2 Å². The van der Waals surface area contributed by atoms with Crippen LogP contribution in [-0.2, 0) is 11.2 Å². The molecule has 0 spiro atoms. The van der Waals surface area contributed by atoms with Crippen molar-refractivity contribution in [2.24, 2.45) is 11.3 Å². The Hall–Kier alpha value is -0.890. The van der Waals surface area contributed by atoms with Crippen LogP contribution in [0.25, 0.3) is 0 Å². The zero-order valence-electron chi connectivity index (χ0n) is 9.39. The number of carbonyl (C=O) groups excluding carboxylic acids is 1. The number of benzene rings is 1. The fraction of sp³-hybridized carbons (Fsp3) is 0.462. The van der Waals surface area contributed by atoms with E-state index in [1.54, 1.807) is 12.1 Å². The zero-order valence-corrected chi connectivity index (χ0v) is 10.1. The molecule has 0 bridgehead atoms.